The Bertz CT molecular complexity index is 235. The average molecular weight is 381 g/mol. The van der Waals surface area contributed by atoms with Crippen molar-refractivity contribution in [1.29, 1.82) is 0 Å². The second kappa shape index (κ2) is 18.4. The zero-order valence-electron chi connectivity index (χ0n) is 16.3. The van der Waals surface area contributed by atoms with Crippen LogP contribution in [0.3, 0.4) is 0 Å². The van der Waals surface area contributed by atoms with Crippen molar-refractivity contribution in [3.63, 3.8) is 0 Å². The molecule has 0 saturated heterocycles. The van der Waals surface area contributed by atoms with Gasteiger partial charge in [0.05, 0.1) is 0 Å². The minimum atomic E-state index is -0.814. The predicted molar refractivity (Wildman–Crippen MR) is 104 cm³/mol. The minimum Gasteiger partial charge on any atom is -0.343 e. The van der Waals surface area contributed by atoms with Gasteiger partial charge in [0.15, 0.2) is 0 Å². The Morgan fingerprint density at radius 1 is 0.636 bits per heavy atom. The molecule has 0 N–H and O–H groups in total. The molecule has 0 aromatic carbocycles. The second-order valence-corrected chi connectivity index (χ2v) is 18.8. The molecule has 0 aromatic rings. The molecule has 0 radical (unpaired) electrons. The molecular weight excluding hydrogens is 343 g/mol. The monoisotopic (exact) mass is 380 g/mol. The summed E-state index contributed by atoms with van der Waals surface area (Å²) in [5.41, 5.74) is 0. The maximum atomic E-state index is 3.78. The van der Waals surface area contributed by atoms with Crippen LogP contribution in [0.25, 0.3) is 0 Å². The van der Waals surface area contributed by atoms with Crippen LogP contribution in [0.2, 0.25) is 51.4 Å². The van der Waals surface area contributed by atoms with E-state index in [-0.39, 0.29) is 35.9 Å². The quantitative estimate of drug-likeness (QED) is 0.339. The number of hydrogen-bond donors (Lipinski definition) is 0. The number of unbranched alkanes of at least 4 members (excludes halogenated alkanes) is 2. The molecule has 130 valence electrons. The van der Waals surface area contributed by atoms with E-state index in [1.807, 2.05) is 0 Å². The van der Waals surface area contributed by atoms with Crippen molar-refractivity contribution in [3.05, 3.63) is 38.2 Å². The summed E-state index contributed by atoms with van der Waals surface area (Å²) >= 11 is 0. The summed E-state index contributed by atoms with van der Waals surface area (Å²) < 4.78 is 0. The number of allylic oxidation sites excluding steroid dienone is 4. The Morgan fingerprint density at radius 2 is 0.909 bits per heavy atom. The summed E-state index contributed by atoms with van der Waals surface area (Å²) in [6, 6.07) is 2.62. The molecule has 0 bridgehead atoms. The van der Waals surface area contributed by atoms with Gasteiger partial charge in [0.25, 0.3) is 0 Å². The average Bonchev–Trinajstić information content (AvgIpc) is 2.29. The summed E-state index contributed by atoms with van der Waals surface area (Å²) in [6.45, 7) is 21.9. The molecule has 0 heterocycles. The standard InChI is InChI=1S/2C9H19Si.Cu.Li/c2*1-5-6-7-8-9-10(2,3)4;;/h2*7-8H,1,5-6,9H2,2-4H3;;/q2*-1;2*+1/b2*8-7-;;. The largest absolute Gasteiger partial charge is 1.00 e. The first kappa shape index (κ1) is 30.9. The Hall–Kier alpha value is 1.03. The Kier molecular flexibility index (Phi) is 25.8. The van der Waals surface area contributed by atoms with Crippen molar-refractivity contribution in [1.82, 2.24) is 0 Å². The van der Waals surface area contributed by atoms with Gasteiger partial charge in [0.2, 0.25) is 0 Å². The molecule has 4 heteroatoms. The van der Waals surface area contributed by atoms with Crippen molar-refractivity contribution in [2.24, 2.45) is 0 Å². The summed E-state index contributed by atoms with van der Waals surface area (Å²) in [5, 5.41) is 0. The van der Waals surface area contributed by atoms with Crippen molar-refractivity contribution >= 4 is 16.1 Å². The fourth-order valence-electron chi connectivity index (χ4n) is 1.35. The first-order chi connectivity index (χ1) is 9.12. The van der Waals surface area contributed by atoms with Crippen LogP contribution >= 0.6 is 0 Å². The fourth-order valence-corrected chi connectivity index (χ4v) is 3.09. The number of rotatable bonds is 8. The molecule has 0 aliphatic rings. The van der Waals surface area contributed by atoms with Crippen molar-refractivity contribution in [2.75, 3.05) is 0 Å². The smallest absolute Gasteiger partial charge is 0.343 e. The van der Waals surface area contributed by atoms with Gasteiger partial charge in [0, 0.05) is 16.1 Å². The third kappa shape index (κ3) is 37.3. The Balaban J connectivity index is -0.000000135. The summed E-state index contributed by atoms with van der Waals surface area (Å²) in [5.74, 6) is 0. The first-order valence-electron chi connectivity index (χ1n) is 8.01. The molecule has 0 aliphatic heterocycles. The Labute approximate surface area is 166 Å². The van der Waals surface area contributed by atoms with Crippen LogP contribution in [0.5, 0.6) is 0 Å². The van der Waals surface area contributed by atoms with Crippen LogP contribution < -0.4 is 18.9 Å². The summed E-state index contributed by atoms with van der Waals surface area (Å²) in [4.78, 5) is 0. The van der Waals surface area contributed by atoms with E-state index in [0.717, 1.165) is 25.7 Å². The molecule has 0 fully saturated rings. The van der Waals surface area contributed by atoms with Crippen LogP contribution in [-0.4, -0.2) is 16.1 Å². The van der Waals surface area contributed by atoms with Gasteiger partial charge in [-0.2, -0.15) is 12.8 Å². The van der Waals surface area contributed by atoms with Gasteiger partial charge in [-0.15, -0.1) is 0 Å². The van der Waals surface area contributed by atoms with E-state index < -0.39 is 16.1 Å². The van der Waals surface area contributed by atoms with E-state index in [1.54, 1.807) is 0 Å². The maximum absolute atomic E-state index is 3.78. The molecule has 0 aliphatic carbocycles. The second-order valence-electron chi connectivity index (χ2n) is 7.76. The molecule has 0 amide bonds. The Morgan fingerprint density at radius 3 is 1.09 bits per heavy atom. The fraction of sp³-hybridized carbons (Fsp3) is 0.667. The molecule has 0 nitrogen and oxygen atoms in total. The number of hydrogen-bond acceptors (Lipinski definition) is 0. The van der Waals surface area contributed by atoms with Gasteiger partial charge >= 0.3 is 35.9 Å². The van der Waals surface area contributed by atoms with E-state index >= 15 is 0 Å². The van der Waals surface area contributed by atoms with Crippen molar-refractivity contribution in [3.8, 4) is 0 Å². The van der Waals surface area contributed by atoms with E-state index in [9.17, 15) is 0 Å². The van der Waals surface area contributed by atoms with Gasteiger partial charge in [-0.05, 0) is 12.1 Å². The van der Waals surface area contributed by atoms with Gasteiger partial charge < -0.3 is 13.8 Å². The first-order valence-corrected chi connectivity index (χ1v) is 15.4. The molecule has 0 aromatic heterocycles. The molecule has 0 saturated carbocycles. The third-order valence-electron chi connectivity index (χ3n) is 2.54. The zero-order chi connectivity index (χ0) is 16.1. The van der Waals surface area contributed by atoms with Crippen LogP contribution in [0.15, 0.2) is 24.3 Å². The third-order valence-corrected chi connectivity index (χ3v) is 5.46. The van der Waals surface area contributed by atoms with E-state index in [0.29, 0.717) is 0 Å². The van der Waals surface area contributed by atoms with E-state index in [1.165, 1.54) is 12.1 Å². The van der Waals surface area contributed by atoms with Gasteiger partial charge in [-0.1, -0.05) is 76.4 Å². The van der Waals surface area contributed by atoms with Crippen molar-refractivity contribution < 1.29 is 35.9 Å². The van der Waals surface area contributed by atoms with Gasteiger partial charge in [-0.25, -0.2) is 0 Å². The van der Waals surface area contributed by atoms with E-state index in [2.05, 4.69) is 77.4 Å². The molecule has 0 spiro atoms. The summed E-state index contributed by atoms with van der Waals surface area (Å²) in [6.07, 6.45) is 13.5. The molecule has 0 atom stereocenters. The topological polar surface area (TPSA) is 0 Å². The normalized spacial score (nSPS) is 11.6. The SMILES string of the molecule is [CH2-]CC/C=C\C[Si](C)(C)C.[CH2-]CC/C=C\C[Si](C)(C)C.[Cu+].[Li+]. The van der Waals surface area contributed by atoms with Crippen molar-refractivity contribution in [2.45, 2.75) is 77.1 Å². The maximum Gasteiger partial charge on any atom is 1.00 e. The van der Waals surface area contributed by atoms with Gasteiger partial charge in [-0.3, -0.25) is 0 Å². The van der Waals surface area contributed by atoms with Crippen LogP contribution in [0.4, 0.5) is 0 Å². The molecular formula is C18H38CuLiSi2. The zero-order valence-corrected chi connectivity index (χ0v) is 19.2. The van der Waals surface area contributed by atoms with Crippen LogP contribution in [-0.2, 0) is 17.1 Å². The van der Waals surface area contributed by atoms with E-state index in [4.69, 9.17) is 0 Å². The molecule has 0 unspecified atom stereocenters. The molecule has 0 rings (SSSR count). The minimum absolute atomic E-state index is 0. The molecule has 22 heavy (non-hydrogen) atoms. The van der Waals surface area contributed by atoms with Crippen LogP contribution in [0.1, 0.15) is 25.7 Å². The van der Waals surface area contributed by atoms with Crippen LogP contribution in [0, 0.1) is 13.8 Å². The van der Waals surface area contributed by atoms with Gasteiger partial charge in [0.1, 0.15) is 0 Å². The summed E-state index contributed by atoms with van der Waals surface area (Å²) in [7, 11) is -1.63. The predicted octanol–water partition coefficient (Wildman–Crippen LogP) is 3.99.